The second kappa shape index (κ2) is 7.74. The van der Waals surface area contributed by atoms with Crippen LogP contribution in [0.15, 0.2) is 39.5 Å². The second-order valence-corrected chi connectivity index (χ2v) is 6.69. The van der Waals surface area contributed by atoms with E-state index in [1.165, 1.54) is 6.26 Å². The highest BCUT2D eigenvalue weighted by molar-refractivity contribution is 6.02. The highest BCUT2D eigenvalue weighted by Crippen LogP contribution is 2.18. The summed E-state index contributed by atoms with van der Waals surface area (Å²) < 4.78 is 10.1. The molecule has 10 heteroatoms. The number of amides is 2. The van der Waals surface area contributed by atoms with E-state index in [2.05, 4.69) is 20.4 Å². The molecule has 1 aliphatic heterocycles. The predicted octanol–water partition coefficient (Wildman–Crippen LogP) is 1.89. The van der Waals surface area contributed by atoms with Gasteiger partial charge in [-0.1, -0.05) is 5.16 Å². The van der Waals surface area contributed by atoms with Crippen LogP contribution in [0.25, 0.3) is 0 Å². The lowest BCUT2D eigenvalue weighted by molar-refractivity contribution is 0.0714. The van der Waals surface area contributed by atoms with E-state index in [0.717, 1.165) is 0 Å². The fourth-order valence-corrected chi connectivity index (χ4v) is 3.13. The highest BCUT2D eigenvalue weighted by Gasteiger charge is 2.25. The van der Waals surface area contributed by atoms with Crippen LogP contribution in [0, 0.1) is 13.8 Å². The topological polar surface area (TPSA) is 118 Å². The molecule has 0 saturated carbocycles. The number of hydrogen-bond donors (Lipinski definition) is 1. The van der Waals surface area contributed by atoms with Crippen molar-refractivity contribution in [2.75, 3.05) is 36.4 Å². The molecule has 0 bridgehead atoms. The van der Waals surface area contributed by atoms with E-state index in [9.17, 15) is 9.59 Å². The van der Waals surface area contributed by atoms with Gasteiger partial charge in [-0.05, 0) is 26.0 Å². The van der Waals surface area contributed by atoms with E-state index in [1.54, 1.807) is 43.0 Å². The number of anilines is 2. The summed E-state index contributed by atoms with van der Waals surface area (Å²) in [6.07, 6.45) is 1.49. The van der Waals surface area contributed by atoms with E-state index in [-0.39, 0.29) is 11.6 Å². The van der Waals surface area contributed by atoms with E-state index in [4.69, 9.17) is 8.94 Å². The second-order valence-electron chi connectivity index (χ2n) is 6.69. The van der Waals surface area contributed by atoms with Crippen molar-refractivity contribution in [3.8, 4) is 0 Å². The first-order chi connectivity index (χ1) is 14.0. The average Bonchev–Trinajstić information content (AvgIpc) is 3.39. The number of rotatable bonds is 4. The van der Waals surface area contributed by atoms with Crippen molar-refractivity contribution >= 4 is 23.5 Å². The number of aromatic nitrogens is 3. The van der Waals surface area contributed by atoms with E-state index < -0.39 is 5.91 Å². The zero-order valence-electron chi connectivity index (χ0n) is 16.1. The van der Waals surface area contributed by atoms with E-state index in [0.29, 0.717) is 55.2 Å². The third kappa shape index (κ3) is 4.10. The van der Waals surface area contributed by atoms with Crippen LogP contribution in [0.4, 0.5) is 11.6 Å². The first-order valence-electron chi connectivity index (χ1n) is 9.17. The molecule has 0 radical (unpaired) electrons. The van der Waals surface area contributed by atoms with Crippen molar-refractivity contribution in [2.24, 2.45) is 0 Å². The summed E-state index contributed by atoms with van der Waals surface area (Å²) in [6, 6.07) is 6.62. The average molecular weight is 396 g/mol. The molecule has 4 rings (SSSR count). The van der Waals surface area contributed by atoms with Crippen LogP contribution in [0.1, 0.15) is 32.6 Å². The van der Waals surface area contributed by atoms with Gasteiger partial charge in [0.25, 0.3) is 11.8 Å². The molecule has 0 atom stereocenters. The Kier molecular flexibility index (Phi) is 4.98. The largest absolute Gasteiger partial charge is 0.459 e. The number of nitrogens with zero attached hydrogens (tertiary/aromatic N) is 5. The van der Waals surface area contributed by atoms with Crippen molar-refractivity contribution in [1.82, 2.24) is 20.0 Å². The number of piperazine rings is 1. The number of carbonyl (C=O) groups excluding carboxylic acids is 2. The summed E-state index contributed by atoms with van der Waals surface area (Å²) in [6.45, 7) is 5.71. The van der Waals surface area contributed by atoms with Crippen molar-refractivity contribution in [3.63, 3.8) is 0 Å². The summed E-state index contributed by atoms with van der Waals surface area (Å²) in [4.78, 5) is 37.4. The lowest BCUT2D eigenvalue weighted by Gasteiger charge is -2.35. The Balaban J connectivity index is 1.44. The summed E-state index contributed by atoms with van der Waals surface area (Å²) in [5.41, 5.74) is 0.238. The monoisotopic (exact) mass is 396 g/mol. The molecule has 3 aromatic heterocycles. The molecule has 0 unspecified atom stereocenters. The van der Waals surface area contributed by atoms with E-state index in [1.807, 2.05) is 4.90 Å². The highest BCUT2D eigenvalue weighted by atomic mass is 16.5. The summed E-state index contributed by atoms with van der Waals surface area (Å²) in [5.74, 6) is 1.87. The van der Waals surface area contributed by atoms with Crippen molar-refractivity contribution in [2.45, 2.75) is 13.8 Å². The third-order valence-corrected chi connectivity index (χ3v) is 4.55. The van der Waals surface area contributed by atoms with Gasteiger partial charge in [0.2, 0.25) is 0 Å². The number of nitrogens with one attached hydrogen (secondary N) is 1. The normalized spacial score (nSPS) is 14.1. The van der Waals surface area contributed by atoms with Crippen LogP contribution in [-0.4, -0.2) is 58.0 Å². The maximum absolute atomic E-state index is 12.5. The van der Waals surface area contributed by atoms with Gasteiger partial charge >= 0.3 is 0 Å². The molecular weight excluding hydrogens is 376 g/mol. The summed E-state index contributed by atoms with van der Waals surface area (Å²) in [5, 5.41) is 6.41. The van der Waals surface area contributed by atoms with Crippen LogP contribution in [0.3, 0.4) is 0 Å². The Morgan fingerprint density at radius 1 is 1.10 bits per heavy atom. The molecule has 2 amide bonds. The standard InChI is InChI=1S/C19H20N6O4/c1-12-10-16(23-29-12)22-18(26)14-11-17(21-13(2)20-14)24-5-7-25(8-6-24)19(27)15-4-3-9-28-15/h3-4,9-11H,5-8H2,1-2H3,(H,22,23,26). The van der Waals surface area contributed by atoms with Gasteiger partial charge in [0.15, 0.2) is 11.6 Å². The summed E-state index contributed by atoms with van der Waals surface area (Å²) in [7, 11) is 0. The minimum absolute atomic E-state index is 0.128. The van der Waals surface area contributed by atoms with Crippen LogP contribution < -0.4 is 10.2 Å². The van der Waals surface area contributed by atoms with Gasteiger partial charge in [-0.15, -0.1) is 0 Å². The van der Waals surface area contributed by atoms with Gasteiger partial charge in [0.1, 0.15) is 23.1 Å². The number of hydrogen-bond acceptors (Lipinski definition) is 8. The predicted molar refractivity (Wildman–Crippen MR) is 103 cm³/mol. The van der Waals surface area contributed by atoms with Crippen molar-refractivity contribution in [3.05, 3.63) is 53.6 Å². The molecule has 0 aromatic carbocycles. The van der Waals surface area contributed by atoms with Gasteiger partial charge in [0, 0.05) is 38.3 Å². The van der Waals surface area contributed by atoms with Crippen LogP contribution in [-0.2, 0) is 0 Å². The van der Waals surface area contributed by atoms with Gasteiger partial charge in [0.05, 0.1) is 6.26 Å². The SMILES string of the molecule is Cc1nc(C(=O)Nc2cc(C)on2)cc(N2CCN(C(=O)c3ccco3)CC2)n1. The molecule has 0 spiro atoms. The Labute approximate surface area is 166 Å². The minimum Gasteiger partial charge on any atom is -0.459 e. The lowest BCUT2D eigenvalue weighted by Crippen LogP contribution is -2.49. The fourth-order valence-electron chi connectivity index (χ4n) is 3.13. The van der Waals surface area contributed by atoms with Gasteiger partial charge in [-0.3, -0.25) is 9.59 Å². The van der Waals surface area contributed by atoms with Crippen LogP contribution in [0.2, 0.25) is 0 Å². The van der Waals surface area contributed by atoms with Gasteiger partial charge in [-0.25, -0.2) is 9.97 Å². The number of furan rings is 1. The smallest absolute Gasteiger partial charge is 0.289 e. The molecular formula is C19H20N6O4. The molecule has 1 aliphatic rings. The number of carbonyl (C=O) groups is 2. The third-order valence-electron chi connectivity index (χ3n) is 4.55. The molecule has 1 N–H and O–H groups in total. The van der Waals surface area contributed by atoms with Gasteiger partial charge < -0.3 is 24.1 Å². The Hall–Kier alpha value is -3.69. The molecule has 0 aliphatic carbocycles. The molecule has 10 nitrogen and oxygen atoms in total. The quantitative estimate of drug-likeness (QED) is 0.710. The number of aryl methyl sites for hydroxylation is 2. The van der Waals surface area contributed by atoms with Crippen LogP contribution >= 0.6 is 0 Å². The lowest BCUT2D eigenvalue weighted by atomic mass is 10.2. The maximum Gasteiger partial charge on any atom is 0.289 e. The zero-order chi connectivity index (χ0) is 20.4. The van der Waals surface area contributed by atoms with Crippen LogP contribution in [0.5, 0.6) is 0 Å². The summed E-state index contributed by atoms with van der Waals surface area (Å²) >= 11 is 0. The Morgan fingerprint density at radius 2 is 1.90 bits per heavy atom. The molecule has 3 aromatic rings. The zero-order valence-corrected chi connectivity index (χ0v) is 16.1. The fraction of sp³-hybridized carbons (Fsp3) is 0.316. The Morgan fingerprint density at radius 3 is 2.55 bits per heavy atom. The van der Waals surface area contributed by atoms with E-state index >= 15 is 0 Å². The minimum atomic E-state index is -0.392. The molecule has 29 heavy (non-hydrogen) atoms. The molecule has 4 heterocycles. The first-order valence-corrected chi connectivity index (χ1v) is 9.17. The first kappa shape index (κ1) is 18.7. The van der Waals surface area contributed by atoms with Crippen molar-refractivity contribution < 1.29 is 18.5 Å². The Bertz CT molecular complexity index is 1020. The molecule has 1 saturated heterocycles. The molecule has 1 fully saturated rings. The molecule has 150 valence electrons. The van der Waals surface area contributed by atoms with Crippen molar-refractivity contribution in [1.29, 1.82) is 0 Å². The maximum atomic E-state index is 12.5. The van der Waals surface area contributed by atoms with Gasteiger partial charge in [-0.2, -0.15) is 0 Å².